The number of rotatable bonds is 49. The van der Waals surface area contributed by atoms with Gasteiger partial charge in [-0.25, -0.2) is 0 Å². The fourth-order valence-corrected chi connectivity index (χ4v) is 8.29. The Morgan fingerprint density at radius 3 is 1.31 bits per heavy atom. The van der Waals surface area contributed by atoms with Gasteiger partial charge < -0.3 is 20.3 Å². The van der Waals surface area contributed by atoms with Gasteiger partial charge in [0, 0.05) is 6.42 Å². The fourth-order valence-electron chi connectivity index (χ4n) is 8.29. The smallest absolute Gasteiger partial charge is 0.306 e. The van der Waals surface area contributed by atoms with Gasteiger partial charge in [0.2, 0.25) is 5.91 Å². The van der Waals surface area contributed by atoms with Crippen LogP contribution in [0.1, 0.15) is 284 Å². The third-order valence-electron chi connectivity index (χ3n) is 12.5. The molecule has 364 valence electrons. The van der Waals surface area contributed by atoms with Gasteiger partial charge in [-0.2, -0.15) is 0 Å². The lowest BCUT2D eigenvalue weighted by atomic mass is 10.0. The second-order valence-corrected chi connectivity index (χ2v) is 18.7. The number of amides is 1. The lowest BCUT2D eigenvalue weighted by Gasteiger charge is -2.24. The monoisotopic (exact) mass is 872 g/mol. The zero-order valence-corrected chi connectivity index (χ0v) is 41.5. The number of carbonyl (C=O) groups excluding carboxylic acids is 2. The molecule has 0 radical (unpaired) electrons. The zero-order chi connectivity index (χ0) is 45.2. The summed E-state index contributed by atoms with van der Waals surface area (Å²) in [6, 6.07) is -0.710. The maximum atomic E-state index is 13.2. The molecule has 6 nitrogen and oxygen atoms in total. The van der Waals surface area contributed by atoms with Crippen molar-refractivity contribution in [3.05, 3.63) is 36.5 Å². The van der Waals surface area contributed by atoms with Crippen LogP contribution < -0.4 is 5.32 Å². The van der Waals surface area contributed by atoms with Crippen molar-refractivity contribution in [3.8, 4) is 0 Å². The molecule has 0 aliphatic heterocycles. The van der Waals surface area contributed by atoms with E-state index in [4.69, 9.17) is 4.74 Å². The number of ether oxygens (including phenoxy) is 1. The van der Waals surface area contributed by atoms with Crippen LogP contribution in [-0.2, 0) is 14.3 Å². The van der Waals surface area contributed by atoms with E-state index in [1.165, 1.54) is 161 Å². The number of esters is 1. The highest BCUT2D eigenvalue weighted by Crippen LogP contribution is 2.18. The van der Waals surface area contributed by atoms with Crippen molar-refractivity contribution in [2.24, 2.45) is 0 Å². The van der Waals surface area contributed by atoms with Crippen LogP contribution >= 0.6 is 0 Å². The van der Waals surface area contributed by atoms with E-state index in [0.29, 0.717) is 19.3 Å². The standard InChI is InChI=1S/C56H105NO5/c1-4-7-10-13-16-19-22-24-26-28-30-33-35-38-41-44-47-52(62-56(61)49-46-43-40-37-32-21-18-15-12-9-6-3)50-55(60)57-53(51-58)54(59)48-45-42-39-36-34-31-29-27-25-23-20-17-14-11-8-5-2/h15,18,26,28,30,33,52-54,58-59H,4-14,16-17,19-25,27,29,31-32,34-51H2,1-3H3,(H,57,60)/b18-15-,28-26+,33-30+. The molecule has 1 amide bonds. The summed E-state index contributed by atoms with van der Waals surface area (Å²) in [5, 5.41) is 23.8. The van der Waals surface area contributed by atoms with E-state index in [1.54, 1.807) is 0 Å². The lowest BCUT2D eigenvalue weighted by molar-refractivity contribution is -0.151. The van der Waals surface area contributed by atoms with Crippen molar-refractivity contribution in [2.75, 3.05) is 6.61 Å². The van der Waals surface area contributed by atoms with E-state index in [9.17, 15) is 19.8 Å². The van der Waals surface area contributed by atoms with E-state index in [-0.39, 0.29) is 24.9 Å². The van der Waals surface area contributed by atoms with Crippen LogP contribution in [0.2, 0.25) is 0 Å². The molecule has 0 aliphatic carbocycles. The Bertz CT molecular complexity index is 1020. The third kappa shape index (κ3) is 44.7. The van der Waals surface area contributed by atoms with Gasteiger partial charge in [-0.15, -0.1) is 0 Å². The Morgan fingerprint density at radius 2 is 0.839 bits per heavy atom. The summed E-state index contributed by atoms with van der Waals surface area (Å²) in [5.74, 6) is -0.502. The van der Waals surface area contributed by atoms with Gasteiger partial charge in [-0.05, 0) is 70.6 Å². The SMILES string of the molecule is CCCC/C=C\CCCCCCCC(=O)OC(CCCCC/C=C/C=C/CCCCCCCCC)CC(=O)NC(CO)C(O)CCCCCCCCCCCCCCCCCC. The van der Waals surface area contributed by atoms with Crippen molar-refractivity contribution in [1.29, 1.82) is 0 Å². The van der Waals surface area contributed by atoms with Crippen LogP contribution in [0.25, 0.3) is 0 Å². The van der Waals surface area contributed by atoms with Gasteiger partial charge >= 0.3 is 5.97 Å². The van der Waals surface area contributed by atoms with E-state index in [0.717, 1.165) is 77.0 Å². The predicted octanol–water partition coefficient (Wildman–Crippen LogP) is 16.5. The average Bonchev–Trinajstić information content (AvgIpc) is 3.26. The summed E-state index contributed by atoms with van der Waals surface area (Å²) in [6.45, 7) is 6.45. The Kier molecular flexibility index (Phi) is 48.5. The molecule has 6 heteroatoms. The largest absolute Gasteiger partial charge is 0.462 e. The van der Waals surface area contributed by atoms with E-state index >= 15 is 0 Å². The highest BCUT2D eigenvalue weighted by atomic mass is 16.5. The average molecular weight is 872 g/mol. The minimum absolute atomic E-state index is 0.0587. The molecule has 0 aromatic carbocycles. The molecule has 0 aromatic rings. The number of nitrogens with one attached hydrogen (secondary N) is 1. The second-order valence-electron chi connectivity index (χ2n) is 18.7. The molecule has 0 aliphatic rings. The molecule has 0 spiro atoms. The number of aliphatic hydroxyl groups excluding tert-OH is 2. The first kappa shape index (κ1) is 60.1. The maximum absolute atomic E-state index is 13.2. The molecule has 0 saturated carbocycles. The number of allylic oxidation sites excluding steroid dienone is 6. The first-order chi connectivity index (χ1) is 30.5. The van der Waals surface area contributed by atoms with Crippen molar-refractivity contribution in [2.45, 2.75) is 302 Å². The first-order valence-corrected chi connectivity index (χ1v) is 27.2. The Morgan fingerprint density at radius 1 is 0.468 bits per heavy atom. The second kappa shape index (κ2) is 50.1. The summed E-state index contributed by atoms with van der Waals surface area (Å²) in [5.41, 5.74) is 0. The molecule has 62 heavy (non-hydrogen) atoms. The normalized spacial score (nSPS) is 13.4. The third-order valence-corrected chi connectivity index (χ3v) is 12.5. The Labute approximate surface area is 385 Å². The van der Waals surface area contributed by atoms with Gasteiger partial charge in [0.25, 0.3) is 0 Å². The van der Waals surface area contributed by atoms with Crippen LogP contribution in [0, 0.1) is 0 Å². The van der Waals surface area contributed by atoms with Crippen LogP contribution in [0.4, 0.5) is 0 Å². The number of carbonyl (C=O) groups is 2. The molecule has 0 fully saturated rings. The number of aliphatic hydroxyl groups is 2. The van der Waals surface area contributed by atoms with Crippen molar-refractivity contribution in [3.63, 3.8) is 0 Å². The van der Waals surface area contributed by atoms with Crippen LogP contribution in [0.15, 0.2) is 36.5 Å². The number of hydrogen-bond acceptors (Lipinski definition) is 5. The minimum atomic E-state index is -0.795. The molecule has 0 bridgehead atoms. The van der Waals surface area contributed by atoms with Gasteiger partial charge in [0.05, 0.1) is 25.2 Å². The fraction of sp³-hybridized carbons (Fsp3) is 0.857. The van der Waals surface area contributed by atoms with Gasteiger partial charge in [-0.3, -0.25) is 9.59 Å². The summed E-state index contributed by atoms with van der Waals surface area (Å²) in [6.07, 6.45) is 59.2. The van der Waals surface area contributed by atoms with E-state index in [1.807, 2.05) is 0 Å². The number of hydrogen-bond donors (Lipinski definition) is 3. The minimum Gasteiger partial charge on any atom is -0.462 e. The van der Waals surface area contributed by atoms with Crippen molar-refractivity contribution >= 4 is 11.9 Å². The lowest BCUT2D eigenvalue weighted by Crippen LogP contribution is -2.46. The molecule has 0 aromatic heterocycles. The first-order valence-electron chi connectivity index (χ1n) is 27.2. The topological polar surface area (TPSA) is 95.9 Å². The van der Waals surface area contributed by atoms with E-state index < -0.39 is 18.2 Å². The van der Waals surface area contributed by atoms with Crippen molar-refractivity contribution in [1.82, 2.24) is 5.32 Å². The number of unbranched alkanes of at least 4 members (excludes halogenated alkanes) is 32. The molecule has 0 saturated heterocycles. The molecule has 3 unspecified atom stereocenters. The summed E-state index contributed by atoms with van der Waals surface area (Å²) in [7, 11) is 0. The predicted molar refractivity (Wildman–Crippen MR) is 269 cm³/mol. The highest BCUT2D eigenvalue weighted by Gasteiger charge is 2.24. The van der Waals surface area contributed by atoms with Gasteiger partial charge in [-0.1, -0.05) is 237 Å². The van der Waals surface area contributed by atoms with Crippen LogP contribution in [0.3, 0.4) is 0 Å². The molecular formula is C56H105NO5. The quantitative estimate of drug-likeness (QED) is 0.0245. The molecule has 0 rings (SSSR count). The van der Waals surface area contributed by atoms with Crippen LogP contribution in [-0.4, -0.2) is 46.9 Å². The van der Waals surface area contributed by atoms with Crippen LogP contribution in [0.5, 0.6) is 0 Å². The van der Waals surface area contributed by atoms with Crippen molar-refractivity contribution < 1.29 is 24.5 Å². The molecular weight excluding hydrogens is 767 g/mol. The zero-order valence-electron chi connectivity index (χ0n) is 41.5. The highest BCUT2D eigenvalue weighted by molar-refractivity contribution is 5.77. The maximum Gasteiger partial charge on any atom is 0.306 e. The molecule has 3 N–H and O–H groups in total. The van der Waals surface area contributed by atoms with Gasteiger partial charge in [0.15, 0.2) is 0 Å². The molecule has 0 heterocycles. The van der Waals surface area contributed by atoms with Gasteiger partial charge in [0.1, 0.15) is 6.10 Å². The van der Waals surface area contributed by atoms with E-state index in [2.05, 4.69) is 62.5 Å². The Hall–Kier alpha value is -1.92. The molecule has 3 atom stereocenters. The Balaban J connectivity index is 4.56. The summed E-state index contributed by atoms with van der Waals surface area (Å²) >= 11 is 0. The summed E-state index contributed by atoms with van der Waals surface area (Å²) < 4.78 is 5.92. The summed E-state index contributed by atoms with van der Waals surface area (Å²) in [4.78, 5) is 26.1.